The topological polar surface area (TPSA) is 49.4 Å². The molecule has 1 aromatic rings. The van der Waals surface area contributed by atoms with Crippen molar-refractivity contribution in [2.45, 2.75) is 52.2 Å². The Hall–Kier alpha value is -1.36. The van der Waals surface area contributed by atoms with Crippen molar-refractivity contribution in [1.82, 2.24) is 10.2 Å². The Morgan fingerprint density at radius 1 is 1.45 bits per heavy atom. The number of nitrogens with zero attached hydrogens (tertiary/aromatic N) is 1. The minimum absolute atomic E-state index is 0.0230. The summed E-state index contributed by atoms with van der Waals surface area (Å²) in [6, 6.07) is 3.58. The zero-order valence-electron chi connectivity index (χ0n) is 12.3. The number of carbonyl (C=O) groups is 2. The fourth-order valence-electron chi connectivity index (χ4n) is 2.55. The molecule has 1 aromatic heterocycles. The summed E-state index contributed by atoms with van der Waals surface area (Å²) in [6.45, 7) is 6.68. The van der Waals surface area contributed by atoms with E-state index in [9.17, 15) is 9.59 Å². The third kappa shape index (κ3) is 3.60. The van der Waals surface area contributed by atoms with E-state index in [0.717, 1.165) is 4.88 Å². The lowest BCUT2D eigenvalue weighted by Crippen LogP contribution is -2.46. The van der Waals surface area contributed by atoms with Gasteiger partial charge in [-0.25, -0.2) is 0 Å². The minimum atomic E-state index is -0.382. The van der Waals surface area contributed by atoms with Gasteiger partial charge in [0.15, 0.2) is 0 Å². The fourth-order valence-corrected chi connectivity index (χ4v) is 3.25. The number of hydrogen-bond acceptors (Lipinski definition) is 3. The summed E-state index contributed by atoms with van der Waals surface area (Å²) in [6.07, 6.45) is 1.07. The van der Waals surface area contributed by atoms with Crippen molar-refractivity contribution in [3.63, 3.8) is 0 Å². The van der Waals surface area contributed by atoms with Crippen molar-refractivity contribution < 1.29 is 9.59 Å². The summed E-state index contributed by atoms with van der Waals surface area (Å²) in [5.74, 6) is 0.400. The number of rotatable bonds is 4. The first-order chi connectivity index (χ1) is 9.47. The maximum absolute atomic E-state index is 12.7. The first kappa shape index (κ1) is 15.0. The summed E-state index contributed by atoms with van der Waals surface area (Å²) >= 11 is 1.64. The van der Waals surface area contributed by atoms with Crippen LogP contribution in [0.1, 0.15) is 38.5 Å². The van der Waals surface area contributed by atoms with Gasteiger partial charge in [-0.15, -0.1) is 11.3 Å². The average molecular weight is 294 g/mol. The zero-order chi connectivity index (χ0) is 14.7. The molecule has 0 aromatic carbocycles. The summed E-state index contributed by atoms with van der Waals surface area (Å²) in [5.41, 5.74) is 0. The van der Waals surface area contributed by atoms with Gasteiger partial charge in [0.25, 0.3) is 0 Å². The highest BCUT2D eigenvalue weighted by Gasteiger charge is 2.34. The molecule has 2 heterocycles. The number of amides is 2. The van der Waals surface area contributed by atoms with Gasteiger partial charge in [-0.2, -0.15) is 0 Å². The second-order valence-electron chi connectivity index (χ2n) is 5.85. The molecule has 0 bridgehead atoms. The van der Waals surface area contributed by atoms with E-state index in [4.69, 9.17) is 0 Å². The van der Waals surface area contributed by atoms with Crippen LogP contribution in [0.3, 0.4) is 0 Å². The van der Waals surface area contributed by atoms with Crippen LogP contribution in [-0.2, 0) is 16.1 Å². The summed E-state index contributed by atoms with van der Waals surface area (Å²) < 4.78 is 0. The molecule has 2 rings (SSSR count). The molecule has 1 aliphatic rings. The maximum Gasteiger partial charge on any atom is 0.245 e. The Morgan fingerprint density at radius 3 is 2.80 bits per heavy atom. The molecule has 0 radical (unpaired) electrons. The van der Waals surface area contributed by atoms with E-state index in [1.54, 1.807) is 11.3 Å². The molecule has 0 saturated carbocycles. The van der Waals surface area contributed by atoms with Crippen LogP contribution in [0.25, 0.3) is 0 Å². The van der Waals surface area contributed by atoms with Crippen LogP contribution < -0.4 is 5.32 Å². The molecule has 1 aliphatic heterocycles. The molecule has 2 amide bonds. The molecule has 0 aliphatic carbocycles. The van der Waals surface area contributed by atoms with E-state index in [2.05, 4.69) is 19.2 Å². The molecule has 1 N–H and O–H groups in total. The molecular formula is C15H22N2O2S. The molecule has 2 unspecified atom stereocenters. The predicted molar refractivity (Wildman–Crippen MR) is 80.3 cm³/mol. The molecule has 20 heavy (non-hydrogen) atoms. The quantitative estimate of drug-likeness (QED) is 0.927. The van der Waals surface area contributed by atoms with Crippen LogP contribution in [0.5, 0.6) is 0 Å². The fraction of sp³-hybridized carbons (Fsp3) is 0.600. The first-order valence-electron chi connectivity index (χ1n) is 7.09. The van der Waals surface area contributed by atoms with Crippen molar-refractivity contribution in [3.05, 3.63) is 22.4 Å². The molecule has 0 spiro atoms. The third-order valence-corrected chi connectivity index (χ3v) is 4.40. The Labute approximate surface area is 124 Å². The molecule has 4 nitrogen and oxygen atoms in total. The highest BCUT2D eigenvalue weighted by atomic mass is 32.1. The van der Waals surface area contributed by atoms with Crippen LogP contribution >= 0.6 is 11.3 Å². The van der Waals surface area contributed by atoms with Crippen molar-refractivity contribution in [3.8, 4) is 0 Å². The molecule has 110 valence electrons. The van der Waals surface area contributed by atoms with Gasteiger partial charge in [-0.1, -0.05) is 19.9 Å². The number of thiophene rings is 1. The standard InChI is InChI=1S/C15H22N2O2S/c1-10(2)7-13-15(19)17(9-12-5-4-6-20-12)11(3)8-14(18)16-13/h4-6,10-11,13H,7-9H2,1-3H3,(H,16,18). The Kier molecular flexibility index (Phi) is 4.81. The summed E-state index contributed by atoms with van der Waals surface area (Å²) in [7, 11) is 0. The second kappa shape index (κ2) is 6.39. The van der Waals surface area contributed by atoms with Gasteiger partial charge in [-0.3, -0.25) is 9.59 Å². The highest BCUT2D eigenvalue weighted by Crippen LogP contribution is 2.20. The minimum Gasteiger partial charge on any atom is -0.344 e. The van der Waals surface area contributed by atoms with Gasteiger partial charge in [0.2, 0.25) is 11.8 Å². The van der Waals surface area contributed by atoms with Gasteiger partial charge >= 0.3 is 0 Å². The monoisotopic (exact) mass is 294 g/mol. The summed E-state index contributed by atoms with van der Waals surface area (Å²) in [5, 5.41) is 4.88. The Bertz CT molecular complexity index is 470. The largest absolute Gasteiger partial charge is 0.344 e. The predicted octanol–water partition coefficient (Wildman–Crippen LogP) is 2.40. The van der Waals surface area contributed by atoms with Crippen molar-refractivity contribution >= 4 is 23.2 Å². The normalized spacial score (nSPS) is 23.9. The average Bonchev–Trinajstić information content (AvgIpc) is 2.83. The third-order valence-electron chi connectivity index (χ3n) is 3.54. The molecule has 1 saturated heterocycles. The lowest BCUT2D eigenvalue weighted by atomic mass is 10.0. The summed E-state index contributed by atoms with van der Waals surface area (Å²) in [4.78, 5) is 27.6. The molecule has 5 heteroatoms. The van der Waals surface area contributed by atoms with Gasteiger partial charge < -0.3 is 10.2 Å². The van der Waals surface area contributed by atoms with Crippen molar-refractivity contribution in [2.24, 2.45) is 5.92 Å². The highest BCUT2D eigenvalue weighted by molar-refractivity contribution is 7.09. The van der Waals surface area contributed by atoms with Crippen LogP contribution in [-0.4, -0.2) is 28.8 Å². The number of hydrogen-bond donors (Lipinski definition) is 1. The van der Waals surface area contributed by atoms with Crippen molar-refractivity contribution in [1.29, 1.82) is 0 Å². The van der Waals surface area contributed by atoms with Gasteiger partial charge in [0.1, 0.15) is 6.04 Å². The van der Waals surface area contributed by atoms with Crippen LogP contribution in [0.4, 0.5) is 0 Å². The van der Waals surface area contributed by atoms with E-state index in [-0.39, 0.29) is 23.9 Å². The molecule has 1 fully saturated rings. The van der Waals surface area contributed by atoms with E-state index < -0.39 is 0 Å². The van der Waals surface area contributed by atoms with E-state index >= 15 is 0 Å². The number of carbonyl (C=O) groups excluding carboxylic acids is 2. The Morgan fingerprint density at radius 2 is 2.20 bits per heavy atom. The van der Waals surface area contributed by atoms with Gasteiger partial charge in [0.05, 0.1) is 6.54 Å². The van der Waals surface area contributed by atoms with Gasteiger partial charge in [-0.05, 0) is 30.7 Å². The van der Waals surface area contributed by atoms with Gasteiger partial charge in [0, 0.05) is 17.3 Å². The van der Waals surface area contributed by atoms with E-state index in [1.807, 2.05) is 29.3 Å². The van der Waals surface area contributed by atoms with Crippen LogP contribution in [0.2, 0.25) is 0 Å². The van der Waals surface area contributed by atoms with E-state index in [1.165, 1.54) is 0 Å². The lowest BCUT2D eigenvalue weighted by Gasteiger charge is -2.28. The lowest BCUT2D eigenvalue weighted by molar-refractivity contribution is -0.135. The Balaban J connectivity index is 2.18. The zero-order valence-corrected chi connectivity index (χ0v) is 13.1. The maximum atomic E-state index is 12.7. The van der Waals surface area contributed by atoms with Crippen LogP contribution in [0, 0.1) is 5.92 Å². The molecule has 2 atom stereocenters. The smallest absolute Gasteiger partial charge is 0.245 e. The molecular weight excluding hydrogens is 272 g/mol. The van der Waals surface area contributed by atoms with Crippen LogP contribution in [0.15, 0.2) is 17.5 Å². The van der Waals surface area contributed by atoms with Crippen molar-refractivity contribution in [2.75, 3.05) is 0 Å². The second-order valence-corrected chi connectivity index (χ2v) is 6.88. The first-order valence-corrected chi connectivity index (χ1v) is 7.97. The van der Waals surface area contributed by atoms with E-state index in [0.29, 0.717) is 25.3 Å². The number of nitrogens with one attached hydrogen (secondary N) is 1. The SMILES string of the molecule is CC(C)CC1NC(=O)CC(C)N(Cc2cccs2)C1=O.